The largest absolute Gasteiger partial charge is 0.365 e. The van der Waals surface area contributed by atoms with E-state index in [4.69, 9.17) is 0 Å². The Morgan fingerprint density at radius 2 is 2.26 bits per heavy atom. The van der Waals surface area contributed by atoms with Gasteiger partial charge in [0, 0.05) is 37.3 Å². The van der Waals surface area contributed by atoms with Crippen molar-refractivity contribution < 1.29 is 4.79 Å². The van der Waals surface area contributed by atoms with Gasteiger partial charge >= 0.3 is 0 Å². The van der Waals surface area contributed by atoms with Gasteiger partial charge in [-0.3, -0.25) is 4.79 Å². The molecule has 2 heterocycles. The first-order chi connectivity index (χ1) is 9.12. The summed E-state index contributed by atoms with van der Waals surface area (Å²) in [6.07, 6.45) is 2.47. The molecule has 0 aliphatic carbocycles. The molecule has 0 saturated carbocycles. The van der Waals surface area contributed by atoms with Crippen molar-refractivity contribution in [1.82, 2.24) is 14.9 Å². The molecule has 1 unspecified atom stereocenters. The summed E-state index contributed by atoms with van der Waals surface area (Å²) in [6, 6.07) is 2.30. The quantitative estimate of drug-likeness (QED) is 0.898. The fourth-order valence-corrected chi connectivity index (χ4v) is 2.42. The van der Waals surface area contributed by atoms with Gasteiger partial charge in [0.1, 0.15) is 11.6 Å². The predicted octanol–water partition coefficient (Wildman–Crippen LogP) is 1.77. The van der Waals surface area contributed by atoms with Crippen molar-refractivity contribution in [1.29, 1.82) is 0 Å². The average molecular weight is 262 g/mol. The van der Waals surface area contributed by atoms with Crippen molar-refractivity contribution in [3.8, 4) is 0 Å². The highest BCUT2D eigenvalue weighted by molar-refractivity contribution is 5.76. The van der Waals surface area contributed by atoms with Crippen molar-refractivity contribution >= 4 is 11.7 Å². The first kappa shape index (κ1) is 13.8. The first-order valence-electron chi connectivity index (χ1n) is 7.01. The number of anilines is 1. The molecule has 1 aliphatic heterocycles. The van der Waals surface area contributed by atoms with E-state index in [1.54, 1.807) is 0 Å². The van der Waals surface area contributed by atoms with Crippen LogP contribution in [-0.4, -0.2) is 39.9 Å². The Balaban J connectivity index is 1.99. The summed E-state index contributed by atoms with van der Waals surface area (Å²) in [5.74, 6) is 1.90. The van der Waals surface area contributed by atoms with Crippen molar-refractivity contribution in [3.05, 3.63) is 17.6 Å². The Hall–Kier alpha value is -1.65. The van der Waals surface area contributed by atoms with Crippen LogP contribution in [0.2, 0.25) is 0 Å². The molecular weight excluding hydrogens is 240 g/mol. The Bertz CT molecular complexity index is 461. The van der Waals surface area contributed by atoms with Crippen LogP contribution in [0, 0.1) is 6.92 Å². The number of likely N-dealkylation sites (tertiary alicyclic amines) is 1. The fourth-order valence-electron chi connectivity index (χ4n) is 2.42. The Labute approximate surface area is 114 Å². The van der Waals surface area contributed by atoms with E-state index in [-0.39, 0.29) is 5.91 Å². The SMILES string of the molecule is CCC(=O)N1CCC(Nc2cc(CC)nc(C)n2)C1. The van der Waals surface area contributed by atoms with Crippen molar-refractivity contribution in [2.45, 2.75) is 46.1 Å². The third kappa shape index (κ3) is 3.43. The number of amides is 1. The molecular formula is C14H22N4O. The van der Waals surface area contributed by atoms with Crippen LogP contribution in [0.3, 0.4) is 0 Å². The number of nitrogens with one attached hydrogen (secondary N) is 1. The van der Waals surface area contributed by atoms with Gasteiger partial charge < -0.3 is 10.2 Å². The summed E-state index contributed by atoms with van der Waals surface area (Å²) in [4.78, 5) is 22.3. The fraction of sp³-hybridized carbons (Fsp3) is 0.643. The molecule has 1 aromatic heterocycles. The van der Waals surface area contributed by atoms with E-state index in [0.717, 1.165) is 43.3 Å². The molecule has 2 rings (SSSR count). The van der Waals surface area contributed by atoms with Gasteiger partial charge in [0.2, 0.25) is 5.91 Å². The Morgan fingerprint density at radius 1 is 1.47 bits per heavy atom. The van der Waals surface area contributed by atoms with Crippen LogP contribution in [0.1, 0.15) is 38.2 Å². The second-order valence-corrected chi connectivity index (χ2v) is 4.97. The van der Waals surface area contributed by atoms with E-state index < -0.39 is 0 Å². The maximum atomic E-state index is 11.6. The summed E-state index contributed by atoms with van der Waals surface area (Å²) < 4.78 is 0. The minimum absolute atomic E-state index is 0.234. The molecule has 1 amide bonds. The Kier molecular flexibility index (Phi) is 4.35. The van der Waals surface area contributed by atoms with Crippen LogP contribution in [0.4, 0.5) is 5.82 Å². The third-order valence-corrected chi connectivity index (χ3v) is 3.45. The van der Waals surface area contributed by atoms with E-state index in [1.807, 2.05) is 24.8 Å². The molecule has 1 aromatic rings. The predicted molar refractivity (Wildman–Crippen MR) is 75.0 cm³/mol. The number of nitrogens with zero attached hydrogens (tertiary/aromatic N) is 3. The van der Waals surface area contributed by atoms with Gasteiger partial charge in [-0.15, -0.1) is 0 Å². The number of hydrogen-bond acceptors (Lipinski definition) is 4. The highest BCUT2D eigenvalue weighted by Gasteiger charge is 2.25. The number of aromatic nitrogens is 2. The summed E-state index contributed by atoms with van der Waals surface area (Å²) in [5, 5.41) is 3.42. The summed E-state index contributed by atoms with van der Waals surface area (Å²) in [5.41, 5.74) is 1.05. The minimum atomic E-state index is 0.234. The number of carbonyl (C=O) groups is 1. The zero-order valence-corrected chi connectivity index (χ0v) is 11.9. The van der Waals surface area contributed by atoms with E-state index in [9.17, 15) is 4.79 Å². The number of carbonyl (C=O) groups excluding carboxylic acids is 1. The maximum Gasteiger partial charge on any atom is 0.222 e. The molecule has 0 bridgehead atoms. The lowest BCUT2D eigenvalue weighted by atomic mass is 10.2. The highest BCUT2D eigenvalue weighted by Crippen LogP contribution is 2.16. The smallest absolute Gasteiger partial charge is 0.222 e. The summed E-state index contributed by atoms with van der Waals surface area (Å²) in [7, 11) is 0. The second kappa shape index (κ2) is 5.99. The van der Waals surface area contributed by atoms with Gasteiger partial charge in [0.15, 0.2) is 0 Å². The monoisotopic (exact) mass is 262 g/mol. The molecule has 104 valence electrons. The molecule has 1 N–H and O–H groups in total. The van der Waals surface area contributed by atoms with E-state index in [1.165, 1.54) is 0 Å². The van der Waals surface area contributed by atoms with Crippen LogP contribution in [0.15, 0.2) is 6.07 Å². The molecule has 1 atom stereocenters. The second-order valence-electron chi connectivity index (χ2n) is 4.97. The molecule has 0 radical (unpaired) electrons. The normalized spacial score (nSPS) is 18.7. The molecule has 5 heteroatoms. The van der Waals surface area contributed by atoms with Gasteiger partial charge in [-0.25, -0.2) is 9.97 Å². The third-order valence-electron chi connectivity index (χ3n) is 3.45. The van der Waals surface area contributed by atoms with E-state index in [2.05, 4.69) is 22.2 Å². The molecule has 1 aliphatic rings. The molecule has 19 heavy (non-hydrogen) atoms. The lowest BCUT2D eigenvalue weighted by molar-refractivity contribution is -0.129. The highest BCUT2D eigenvalue weighted by atomic mass is 16.2. The van der Waals surface area contributed by atoms with Crippen molar-refractivity contribution in [2.75, 3.05) is 18.4 Å². The standard InChI is InChI=1S/C14H22N4O/c1-4-11-8-13(16-10(3)15-11)17-12-6-7-18(9-12)14(19)5-2/h8,12H,4-7,9H2,1-3H3,(H,15,16,17). The van der Waals surface area contributed by atoms with Gasteiger partial charge in [-0.2, -0.15) is 0 Å². The summed E-state index contributed by atoms with van der Waals surface area (Å²) in [6.45, 7) is 7.52. The van der Waals surface area contributed by atoms with Crippen LogP contribution >= 0.6 is 0 Å². The molecule has 0 aromatic carbocycles. The number of aryl methyl sites for hydroxylation is 2. The number of hydrogen-bond donors (Lipinski definition) is 1. The average Bonchev–Trinajstić information content (AvgIpc) is 2.85. The zero-order chi connectivity index (χ0) is 13.8. The topological polar surface area (TPSA) is 58.1 Å². The first-order valence-corrected chi connectivity index (χ1v) is 7.01. The molecule has 5 nitrogen and oxygen atoms in total. The van der Waals surface area contributed by atoms with Gasteiger partial charge in [0.05, 0.1) is 0 Å². The molecule has 1 fully saturated rings. The molecule has 0 spiro atoms. The van der Waals surface area contributed by atoms with E-state index >= 15 is 0 Å². The number of rotatable bonds is 4. The zero-order valence-electron chi connectivity index (χ0n) is 11.9. The van der Waals surface area contributed by atoms with Crippen LogP contribution in [0.5, 0.6) is 0 Å². The lowest BCUT2D eigenvalue weighted by Crippen LogP contribution is -2.31. The van der Waals surface area contributed by atoms with Crippen molar-refractivity contribution in [2.24, 2.45) is 0 Å². The van der Waals surface area contributed by atoms with Gasteiger partial charge in [-0.1, -0.05) is 13.8 Å². The van der Waals surface area contributed by atoms with Gasteiger partial charge in [0.25, 0.3) is 0 Å². The van der Waals surface area contributed by atoms with Crippen molar-refractivity contribution in [3.63, 3.8) is 0 Å². The Morgan fingerprint density at radius 3 is 2.95 bits per heavy atom. The van der Waals surface area contributed by atoms with Gasteiger partial charge in [-0.05, 0) is 19.8 Å². The van der Waals surface area contributed by atoms with Crippen LogP contribution in [-0.2, 0) is 11.2 Å². The lowest BCUT2D eigenvalue weighted by Gasteiger charge is -2.17. The maximum absolute atomic E-state index is 11.6. The van der Waals surface area contributed by atoms with Crippen LogP contribution < -0.4 is 5.32 Å². The van der Waals surface area contributed by atoms with Crippen LogP contribution in [0.25, 0.3) is 0 Å². The molecule has 1 saturated heterocycles. The summed E-state index contributed by atoms with van der Waals surface area (Å²) >= 11 is 0. The minimum Gasteiger partial charge on any atom is -0.365 e. The van der Waals surface area contributed by atoms with E-state index in [0.29, 0.717) is 12.5 Å².